The Labute approximate surface area is 228 Å². The zero-order valence-corrected chi connectivity index (χ0v) is 24.1. The van der Waals surface area contributed by atoms with Crippen LogP contribution >= 0.6 is 12.2 Å². The number of carbonyl (C=O) groups is 2. The van der Waals surface area contributed by atoms with Gasteiger partial charge in [0.25, 0.3) is 0 Å². The summed E-state index contributed by atoms with van der Waals surface area (Å²) in [5.74, 6) is 1.63. The maximum atomic E-state index is 13.3. The number of amidine groups is 1. The molecular weight excluding hydrogens is 486 g/mol. The number of amides is 2. The van der Waals surface area contributed by atoms with Gasteiger partial charge in [0.15, 0.2) is 0 Å². The fourth-order valence-corrected chi connectivity index (χ4v) is 6.96. The van der Waals surface area contributed by atoms with Gasteiger partial charge in [-0.05, 0) is 74.5 Å². The molecule has 0 aromatic heterocycles. The third-order valence-corrected chi connectivity index (χ3v) is 9.37. The van der Waals surface area contributed by atoms with Gasteiger partial charge in [0, 0.05) is 19.0 Å². The SMILES string of the molecule is CC(C)COC(=O)N[C@H](C(=S)N1CCC[C@H]1C(=O)NCC1CCC(C(=N)N)CC1)C(C)(C)C1CCCC1. The first-order chi connectivity index (χ1) is 17.5. The first-order valence-electron chi connectivity index (χ1n) is 14.4. The van der Waals surface area contributed by atoms with Crippen LogP contribution in [0.25, 0.3) is 0 Å². The average molecular weight is 536 g/mol. The Bertz CT molecular complexity index is 819. The monoisotopic (exact) mass is 535 g/mol. The number of ether oxygens (including phenoxy) is 1. The quantitative estimate of drug-likeness (QED) is 0.184. The Balaban J connectivity index is 1.65. The number of carbonyl (C=O) groups excluding carboxylic acids is 2. The van der Waals surface area contributed by atoms with Crippen molar-refractivity contribution in [2.24, 2.45) is 34.8 Å². The first kappa shape index (κ1) is 29.7. The minimum Gasteiger partial charge on any atom is -0.449 e. The summed E-state index contributed by atoms with van der Waals surface area (Å²) in [6.07, 6.45) is 9.70. The Morgan fingerprint density at radius 1 is 1.08 bits per heavy atom. The molecule has 3 aliphatic rings. The highest BCUT2D eigenvalue weighted by Gasteiger charge is 2.45. The molecule has 37 heavy (non-hydrogen) atoms. The number of nitrogens with two attached hydrogens (primary N) is 1. The number of hydrogen-bond donors (Lipinski definition) is 4. The van der Waals surface area contributed by atoms with E-state index in [1.807, 2.05) is 13.8 Å². The maximum Gasteiger partial charge on any atom is 0.407 e. The molecule has 1 saturated heterocycles. The number of nitrogens with zero attached hydrogens (tertiary/aromatic N) is 1. The number of alkyl carbamates (subject to hydrolysis) is 1. The van der Waals surface area contributed by atoms with Crippen LogP contribution in [-0.2, 0) is 9.53 Å². The summed E-state index contributed by atoms with van der Waals surface area (Å²) in [7, 11) is 0. The van der Waals surface area contributed by atoms with Crippen LogP contribution in [0.4, 0.5) is 4.79 Å². The van der Waals surface area contributed by atoms with Crippen molar-refractivity contribution in [2.75, 3.05) is 19.7 Å². The van der Waals surface area contributed by atoms with Crippen LogP contribution in [0.5, 0.6) is 0 Å². The second-order valence-corrected chi connectivity index (χ2v) is 12.9. The molecule has 1 aliphatic heterocycles. The normalized spacial score (nSPS) is 25.6. The van der Waals surface area contributed by atoms with Gasteiger partial charge in [-0.25, -0.2) is 4.79 Å². The predicted molar refractivity (Wildman–Crippen MR) is 152 cm³/mol. The number of hydrogen-bond acceptors (Lipinski definition) is 5. The molecule has 3 fully saturated rings. The summed E-state index contributed by atoms with van der Waals surface area (Å²) in [5, 5.41) is 14.0. The van der Waals surface area contributed by atoms with Crippen molar-refractivity contribution in [3.05, 3.63) is 0 Å². The van der Waals surface area contributed by atoms with Crippen LogP contribution in [0.2, 0.25) is 0 Å². The van der Waals surface area contributed by atoms with Gasteiger partial charge in [-0.2, -0.15) is 0 Å². The topological polar surface area (TPSA) is 121 Å². The van der Waals surface area contributed by atoms with Crippen LogP contribution in [0.1, 0.15) is 91.9 Å². The summed E-state index contributed by atoms with van der Waals surface area (Å²) in [5.41, 5.74) is 5.43. The summed E-state index contributed by atoms with van der Waals surface area (Å²) < 4.78 is 5.48. The number of nitrogens with one attached hydrogen (secondary N) is 3. The van der Waals surface area contributed by atoms with E-state index in [0.717, 1.165) is 57.9 Å². The van der Waals surface area contributed by atoms with Crippen molar-refractivity contribution in [3.8, 4) is 0 Å². The standard InChI is InChI=1S/C28H49N5O3S/c1-18(2)17-36-27(35)32-23(28(3,4)21-8-5-6-9-21)26(37)33-15-7-10-22(33)25(34)31-16-19-11-13-20(14-12-19)24(29)30/h18-23H,5-17H2,1-4H3,(H3,29,30)(H,31,34)(H,32,35)/t19?,20?,22-,23+/m0/s1. The molecule has 9 heteroatoms. The lowest BCUT2D eigenvalue weighted by Crippen LogP contribution is -2.59. The Morgan fingerprint density at radius 2 is 1.73 bits per heavy atom. The highest BCUT2D eigenvalue weighted by atomic mass is 32.1. The molecule has 1 heterocycles. The average Bonchev–Trinajstić information content (AvgIpc) is 3.57. The van der Waals surface area contributed by atoms with Crippen molar-refractivity contribution >= 4 is 35.0 Å². The van der Waals surface area contributed by atoms with Crippen molar-refractivity contribution in [2.45, 2.75) is 104 Å². The van der Waals surface area contributed by atoms with E-state index >= 15 is 0 Å². The fraction of sp³-hybridized carbons (Fsp3) is 0.857. The highest BCUT2D eigenvalue weighted by Crippen LogP contribution is 2.43. The van der Waals surface area contributed by atoms with E-state index in [0.29, 0.717) is 30.0 Å². The summed E-state index contributed by atoms with van der Waals surface area (Å²) in [4.78, 5) is 28.8. The molecule has 0 aromatic rings. The van der Waals surface area contributed by atoms with E-state index in [1.54, 1.807) is 0 Å². The van der Waals surface area contributed by atoms with E-state index in [2.05, 4.69) is 29.4 Å². The minimum absolute atomic E-state index is 0.0216. The van der Waals surface area contributed by atoms with Crippen molar-refractivity contribution in [1.82, 2.24) is 15.5 Å². The smallest absolute Gasteiger partial charge is 0.407 e. The van der Waals surface area contributed by atoms with Gasteiger partial charge in [0.2, 0.25) is 5.91 Å². The van der Waals surface area contributed by atoms with E-state index in [1.165, 1.54) is 12.8 Å². The van der Waals surface area contributed by atoms with Gasteiger partial charge in [0.05, 0.1) is 18.5 Å². The molecule has 8 nitrogen and oxygen atoms in total. The van der Waals surface area contributed by atoms with Gasteiger partial charge in [-0.1, -0.05) is 52.8 Å². The van der Waals surface area contributed by atoms with Crippen LogP contribution in [0, 0.1) is 34.5 Å². The molecule has 0 unspecified atom stereocenters. The van der Waals surface area contributed by atoms with Gasteiger partial charge in [-0.15, -0.1) is 0 Å². The summed E-state index contributed by atoms with van der Waals surface area (Å²) in [6.45, 7) is 10.2. The molecule has 2 atom stereocenters. The van der Waals surface area contributed by atoms with Crippen molar-refractivity contribution in [3.63, 3.8) is 0 Å². The lowest BCUT2D eigenvalue weighted by molar-refractivity contribution is -0.124. The van der Waals surface area contributed by atoms with Gasteiger partial charge in [-0.3, -0.25) is 10.2 Å². The first-order valence-corrected chi connectivity index (χ1v) is 14.8. The Kier molecular flexibility index (Phi) is 10.6. The Morgan fingerprint density at radius 3 is 2.32 bits per heavy atom. The summed E-state index contributed by atoms with van der Waals surface area (Å²) in [6, 6.07) is -0.683. The lowest BCUT2D eigenvalue weighted by atomic mass is 9.71. The van der Waals surface area contributed by atoms with E-state index in [-0.39, 0.29) is 41.1 Å². The second-order valence-electron chi connectivity index (χ2n) is 12.5. The molecular formula is C28H49N5O3S. The second kappa shape index (κ2) is 13.3. The van der Waals surface area contributed by atoms with Gasteiger partial charge >= 0.3 is 6.09 Å². The highest BCUT2D eigenvalue weighted by molar-refractivity contribution is 7.80. The molecule has 0 radical (unpaired) electrons. The van der Waals surface area contributed by atoms with Gasteiger partial charge < -0.3 is 26.0 Å². The zero-order chi connectivity index (χ0) is 27.2. The van der Waals surface area contributed by atoms with Crippen molar-refractivity contribution in [1.29, 1.82) is 5.41 Å². The molecule has 2 aliphatic carbocycles. The van der Waals surface area contributed by atoms with Crippen LogP contribution in [0.15, 0.2) is 0 Å². The molecule has 3 rings (SSSR count). The molecule has 2 saturated carbocycles. The third kappa shape index (κ3) is 7.80. The predicted octanol–water partition coefficient (Wildman–Crippen LogP) is 4.60. The third-order valence-electron chi connectivity index (χ3n) is 8.90. The van der Waals surface area contributed by atoms with E-state index in [4.69, 9.17) is 28.1 Å². The zero-order valence-electron chi connectivity index (χ0n) is 23.3. The van der Waals surface area contributed by atoms with E-state index < -0.39 is 6.09 Å². The van der Waals surface area contributed by atoms with Crippen LogP contribution < -0.4 is 16.4 Å². The largest absolute Gasteiger partial charge is 0.449 e. The van der Waals surface area contributed by atoms with Crippen LogP contribution in [0.3, 0.4) is 0 Å². The molecule has 2 amide bonds. The Hall–Kier alpha value is -1.90. The number of likely N-dealkylation sites (tertiary alicyclic amines) is 1. The van der Waals surface area contributed by atoms with Crippen molar-refractivity contribution < 1.29 is 14.3 Å². The maximum absolute atomic E-state index is 13.3. The van der Waals surface area contributed by atoms with Crippen LogP contribution in [-0.4, -0.2) is 59.5 Å². The molecule has 210 valence electrons. The molecule has 0 aromatic carbocycles. The molecule has 0 spiro atoms. The minimum atomic E-state index is -0.437. The number of thiocarbonyl (C=S) groups is 1. The van der Waals surface area contributed by atoms with Gasteiger partial charge in [0.1, 0.15) is 11.0 Å². The molecule has 0 bridgehead atoms. The fourth-order valence-electron chi connectivity index (χ4n) is 6.38. The summed E-state index contributed by atoms with van der Waals surface area (Å²) >= 11 is 6.06. The number of rotatable bonds is 10. The lowest BCUT2D eigenvalue weighted by Gasteiger charge is -2.43. The van der Waals surface area contributed by atoms with E-state index in [9.17, 15) is 9.59 Å². The molecule has 5 N–H and O–H groups in total.